The lowest BCUT2D eigenvalue weighted by Gasteiger charge is -2.19. The van der Waals surface area contributed by atoms with Crippen molar-refractivity contribution in [1.29, 1.82) is 0 Å². The molecule has 1 aliphatic rings. The van der Waals surface area contributed by atoms with E-state index in [1.165, 1.54) is 25.3 Å². The standard InChI is InChI=1S/C16H24FNO2/c1-2-13(9-12-7-8-12)18-10-14(19)11-20-16-6-4-3-5-15(16)17/h3-6,12-14,18-19H,2,7-11H2,1H3. The SMILES string of the molecule is CCC(CC1CC1)NCC(O)COc1ccccc1F. The maximum Gasteiger partial charge on any atom is 0.165 e. The fraction of sp³-hybridized carbons (Fsp3) is 0.625. The second-order valence-corrected chi connectivity index (χ2v) is 5.59. The van der Waals surface area contributed by atoms with Crippen molar-refractivity contribution in [3.8, 4) is 5.75 Å². The number of hydrogen-bond donors (Lipinski definition) is 2. The summed E-state index contributed by atoms with van der Waals surface area (Å²) in [7, 11) is 0. The third-order valence-electron chi connectivity index (χ3n) is 3.72. The van der Waals surface area contributed by atoms with E-state index in [0.29, 0.717) is 12.6 Å². The van der Waals surface area contributed by atoms with Crippen LogP contribution in [0.1, 0.15) is 32.6 Å². The van der Waals surface area contributed by atoms with Crippen LogP contribution in [-0.2, 0) is 0 Å². The first-order valence-electron chi connectivity index (χ1n) is 7.47. The maximum absolute atomic E-state index is 13.3. The van der Waals surface area contributed by atoms with Gasteiger partial charge in [-0.15, -0.1) is 0 Å². The van der Waals surface area contributed by atoms with E-state index in [0.717, 1.165) is 12.3 Å². The average molecular weight is 281 g/mol. The van der Waals surface area contributed by atoms with Crippen LogP contribution in [0, 0.1) is 11.7 Å². The van der Waals surface area contributed by atoms with E-state index in [2.05, 4.69) is 12.2 Å². The molecule has 1 aromatic carbocycles. The molecule has 4 heteroatoms. The van der Waals surface area contributed by atoms with E-state index >= 15 is 0 Å². The zero-order chi connectivity index (χ0) is 14.4. The van der Waals surface area contributed by atoms with E-state index in [-0.39, 0.29) is 12.4 Å². The topological polar surface area (TPSA) is 41.5 Å². The van der Waals surface area contributed by atoms with Crippen LogP contribution in [0.3, 0.4) is 0 Å². The van der Waals surface area contributed by atoms with Crippen LogP contribution >= 0.6 is 0 Å². The predicted octanol–water partition coefficient (Wildman–Crippen LogP) is 2.73. The molecule has 112 valence electrons. The van der Waals surface area contributed by atoms with Gasteiger partial charge in [-0.2, -0.15) is 0 Å². The van der Waals surface area contributed by atoms with Crippen LogP contribution in [0.15, 0.2) is 24.3 Å². The number of aliphatic hydroxyl groups excluding tert-OH is 1. The molecule has 2 N–H and O–H groups in total. The summed E-state index contributed by atoms with van der Waals surface area (Å²) in [6.45, 7) is 2.75. The highest BCUT2D eigenvalue weighted by atomic mass is 19.1. The van der Waals surface area contributed by atoms with Gasteiger partial charge in [-0.3, -0.25) is 0 Å². The predicted molar refractivity (Wildman–Crippen MR) is 77.3 cm³/mol. The third-order valence-corrected chi connectivity index (χ3v) is 3.72. The van der Waals surface area contributed by atoms with Crippen LogP contribution in [0.4, 0.5) is 4.39 Å². The number of nitrogens with one attached hydrogen (secondary N) is 1. The fourth-order valence-corrected chi connectivity index (χ4v) is 2.26. The van der Waals surface area contributed by atoms with Gasteiger partial charge in [0.1, 0.15) is 12.7 Å². The molecule has 1 fully saturated rings. The molecule has 1 aliphatic carbocycles. The molecule has 2 unspecified atom stereocenters. The van der Waals surface area contributed by atoms with E-state index in [4.69, 9.17) is 4.74 Å². The first kappa shape index (κ1) is 15.3. The Balaban J connectivity index is 1.66. The Kier molecular flexibility index (Phi) is 5.80. The van der Waals surface area contributed by atoms with Gasteiger partial charge in [-0.05, 0) is 30.9 Å². The van der Waals surface area contributed by atoms with Gasteiger partial charge in [0.15, 0.2) is 11.6 Å². The van der Waals surface area contributed by atoms with Gasteiger partial charge in [0.25, 0.3) is 0 Å². The Morgan fingerprint density at radius 1 is 1.40 bits per heavy atom. The van der Waals surface area contributed by atoms with Gasteiger partial charge in [-0.25, -0.2) is 4.39 Å². The van der Waals surface area contributed by atoms with Crippen LogP contribution < -0.4 is 10.1 Å². The Morgan fingerprint density at radius 3 is 2.80 bits per heavy atom. The summed E-state index contributed by atoms with van der Waals surface area (Å²) in [5.41, 5.74) is 0. The highest BCUT2D eigenvalue weighted by Gasteiger charge is 2.24. The van der Waals surface area contributed by atoms with Gasteiger partial charge in [-0.1, -0.05) is 31.9 Å². The summed E-state index contributed by atoms with van der Waals surface area (Å²) in [6, 6.07) is 6.71. The Morgan fingerprint density at radius 2 is 2.15 bits per heavy atom. The van der Waals surface area contributed by atoms with Gasteiger partial charge < -0.3 is 15.2 Å². The monoisotopic (exact) mass is 281 g/mol. The molecule has 0 spiro atoms. The Labute approximate surface area is 120 Å². The molecule has 3 nitrogen and oxygen atoms in total. The smallest absolute Gasteiger partial charge is 0.165 e. The molecule has 2 rings (SSSR count). The van der Waals surface area contributed by atoms with E-state index in [1.54, 1.807) is 18.2 Å². The van der Waals surface area contributed by atoms with Gasteiger partial charge in [0.05, 0.1) is 0 Å². The summed E-state index contributed by atoms with van der Waals surface area (Å²) in [5, 5.41) is 13.3. The van der Waals surface area contributed by atoms with Gasteiger partial charge >= 0.3 is 0 Å². The van der Waals surface area contributed by atoms with E-state index < -0.39 is 11.9 Å². The van der Waals surface area contributed by atoms with Crippen LogP contribution in [0.5, 0.6) is 5.75 Å². The van der Waals surface area contributed by atoms with Gasteiger partial charge in [0, 0.05) is 12.6 Å². The van der Waals surface area contributed by atoms with Crippen molar-refractivity contribution in [1.82, 2.24) is 5.32 Å². The normalized spacial score (nSPS) is 17.8. The van der Waals surface area contributed by atoms with Crippen molar-refractivity contribution in [3.05, 3.63) is 30.1 Å². The summed E-state index contributed by atoms with van der Waals surface area (Å²) < 4.78 is 18.6. The maximum atomic E-state index is 13.3. The van der Waals surface area contributed by atoms with Crippen LogP contribution in [-0.4, -0.2) is 30.4 Å². The molecule has 0 aliphatic heterocycles. The lowest BCUT2D eigenvalue weighted by molar-refractivity contribution is 0.100. The molecule has 0 bridgehead atoms. The van der Waals surface area contributed by atoms with Gasteiger partial charge in [0.2, 0.25) is 0 Å². The lowest BCUT2D eigenvalue weighted by atomic mass is 10.1. The second kappa shape index (κ2) is 7.60. The molecule has 0 heterocycles. The molecule has 0 aromatic heterocycles. The zero-order valence-corrected chi connectivity index (χ0v) is 12.0. The number of benzene rings is 1. The fourth-order valence-electron chi connectivity index (χ4n) is 2.26. The van der Waals surface area contributed by atoms with E-state index in [1.807, 2.05) is 0 Å². The molecular formula is C16H24FNO2. The minimum absolute atomic E-state index is 0.105. The molecule has 0 amide bonds. The molecule has 1 aromatic rings. The molecule has 0 radical (unpaired) electrons. The average Bonchev–Trinajstić information content (AvgIpc) is 3.26. The van der Waals surface area contributed by atoms with Crippen LogP contribution in [0.25, 0.3) is 0 Å². The summed E-state index contributed by atoms with van der Waals surface area (Å²) in [5.74, 6) is 0.670. The highest BCUT2D eigenvalue weighted by molar-refractivity contribution is 5.23. The molecule has 1 saturated carbocycles. The Hall–Kier alpha value is -1.13. The minimum Gasteiger partial charge on any atom is -0.488 e. The molecular weight excluding hydrogens is 257 g/mol. The molecule has 20 heavy (non-hydrogen) atoms. The Bertz CT molecular complexity index is 409. The first-order valence-corrected chi connectivity index (χ1v) is 7.47. The van der Waals surface area contributed by atoms with Crippen molar-refractivity contribution in [2.24, 2.45) is 5.92 Å². The second-order valence-electron chi connectivity index (χ2n) is 5.59. The van der Waals surface area contributed by atoms with Crippen molar-refractivity contribution in [2.75, 3.05) is 13.2 Å². The third kappa shape index (κ3) is 5.10. The highest BCUT2D eigenvalue weighted by Crippen LogP contribution is 2.33. The largest absolute Gasteiger partial charge is 0.488 e. The summed E-state index contributed by atoms with van der Waals surface area (Å²) in [4.78, 5) is 0. The lowest BCUT2D eigenvalue weighted by Crippen LogP contribution is -2.38. The summed E-state index contributed by atoms with van der Waals surface area (Å²) >= 11 is 0. The quantitative estimate of drug-likeness (QED) is 0.731. The summed E-state index contributed by atoms with van der Waals surface area (Å²) in [6.07, 6.45) is 4.33. The molecule has 2 atom stereocenters. The number of hydrogen-bond acceptors (Lipinski definition) is 3. The number of aliphatic hydroxyl groups is 1. The minimum atomic E-state index is -0.622. The number of rotatable bonds is 9. The number of halogens is 1. The first-order chi connectivity index (χ1) is 9.69. The van der Waals surface area contributed by atoms with Crippen molar-refractivity contribution < 1.29 is 14.2 Å². The number of para-hydroxylation sites is 1. The number of ether oxygens (including phenoxy) is 1. The molecule has 0 saturated heterocycles. The van der Waals surface area contributed by atoms with Crippen LogP contribution in [0.2, 0.25) is 0 Å². The van der Waals surface area contributed by atoms with Crippen molar-refractivity contribution in [3.63, 3.8) is 0 Å². The zero-order valence-electron chi connectivity index (χ0n) is 12.0. The van der Waals surface area contributed by atoms with Crippen molar-refractivity contribution in [2.45, 2.75) is 44.8 Å². The van der Waals surface area contributed by atoms with E-state index in [9.17, 15) is 9.50 Å². The van der Waals surface area contributed by atoms with Crippen molar-refractivity contribution >= 4 is 0 Å².